The summed E-state index contributed by atoms with van der Waals surface area (Å²) < 4.78 is 5.87. The Hall–Kier alpha value is -0.790. The minimum Gasteiger partial charge on any atom is -0.462 e. The van der Waals surface area contributed by atoms with Gasteiger partial charge in [0.2, 0.25) is 0 Å². The van der Waals surface area contributed by atoms with E-state index in [1.165, 1.54) is 64.2 Å². The molecule has 194 valence electrons. The Kier molecular flexibility index (Phi) is 6.92. The van der Waals surface area contributed by atoms with Crippen molar-refractivity contribution >= 4 is 5.97 Å². The molecule has 4 aliphatic rings. The largest absolute Gasteiger partial charge is 0.462 e. The molecule has 0 aliphatic heterocycles. The van der Waals surface area contributed by atoms with Crippen molar-refractivity contribution in [2.75, 3.05) is 0 Å². The maximum absolute atomic E-state index is 11.8. The van der Waals surface area contributed by atoms with Crippen LogP contribution in [-0.2, 0) is 9.53 Å². The molecule has 0 N–H and O–H groups in total. The minimum absolute atomic E-state index is 0.0436. The number of hydrogen-bond donors (Lipinski definition) is 0. The van der Waals surface area contributed by atoms with Gasteiger partial charge in [0.05, 0.1) is 0 Å². The summed E-state index contributed by atoms with van der Waals surface area (Å²) in [5, 5.41) is 0. The summed E-state index contributed by atoms with van der Waals surface area (Å²) in [6.07, 6.45) is 14.5. The average Bonchev–Trinajstić information content (AvgIpc) is 3.01. The predicted octanol–water partition coefficient (Wildman–Crippen LogP) is 9.13. The molecule has 4 rings (SSSR count). The van der Waals surface area contributed by atoms with Crippen LogP contribution in [0.1, 0.15) is 133 Å². The summed E-state index contributed by atoms with van der Waals surface area (Å²) >= 11 is 0. The standard InChI is InChI=1S/C32H54O2/c1-21(2)11-10-12-22(3)24-15-19-32(9)26-13-14-27-29(5,6)28(34-23(4)33)17-18-30(27,7)25(26)16-20-31(24,32)8/h21-22,24,27-28H,10-20H2,1-9H3/t22-,24+,27+,28+,30+,31-,32-/m0/s1. The molecule has 0 heterocycles. The second kappa shape index (κ2) is 8.95. The third-order valence-electron chi connectivity index (χ3n) is 12.2. The highest BCUT2D eigenvalue weighted by atomic mass is 16.5. The third-order valence-corrected chi connectivity index (χ3v) is 12.2. The molecule has 4 aliphatic carbocycles. The topological polar surface area (TPSA) is 26.3 Å². The SMILES string of the molecule is CC(=O)O[C@@H]1CC[C@]2(C)C3=C(CC[C@@H]2C1(C)C)[C@]1(C)CC[C@H]([C@@H](C)CCCC(C)C)[C@]1(C)CC3. The lowest BCUT2D eigenvalue weighted by Crippen LogP contribution is -2.55. The Morgan fingerprint density at radius 2 is 1.62 bits per heavy atom. The van der Waals surface area contributed by atoms with Crippen LogP contribution in [0.2, 0.25) is 0 Å². The zero-order chi connectivity index (χ0) is 25.1. The fourth-order valence-corrected chi connectivity index (χ4v) is 10.1. The van der Waals surface area contributed by atoms with Crippen molar-refractivity contribution < 1.29 is 9.53 Å². The first kappa shape index (κ1) is 26.3. The number of allylic oxidation sites excluding steroid dienone is 2. The average molecular weight is 471 g/mol. The molecule has 0 spiro atoms. The van der Waals surface area contributed by atoms with Gasteiger partial charge in [0.15, 0.2) is 0 Å². The molecule has 0 aromatic carbocycles. The Morgan fingerprint density at radius 1 is 0.912 bits per heavy atom. The van der Waals surface area contributed by atoms with E-state index in [9.17, 15) is 4.79 Å². The Bertz CT molecular complexity index is 821. The Balaban J connectivity index is 1.61. The molecule has 2 nitrogen and oxygen atoms in total. The molecule has 0 unspecified atom stereocenters. The van der Waals surface area contributed by atoms with Gasteiger partial charge in [0.1, 0.15) is 6.10 Å². The fourth-order valence-electron chi connectivity index (χ4n) is 10.1. The highest BCUT2D eigenvalue weighted by Gasteiger charge is 2.63. The van der Waals surface area contributed by atoms with Crippen molar-refractivity contribution in [3.05, 3.63) is 11.1 Å². The van der Waals surface area contributed by atoms with Gasteiger partial charge in [0, 0.05) is 12.3 Å². The number of esters is 1. The molecule has 2 heteroatoms. The molecule has 0 aromatic heterocycles. The monoisotopic (exact) mass is 470 g/mol. The molecule has 0 saturated heterocycles. The van der Waals surface area contributed by atoms with Gasteiger partial charge in [-0.25, -0.2) is 0 Å². The minimum atomic E-state index is -0.113. The van der Waals surface area contributed by atoms with Gasteiger partial charge in [-0.3, -0.25) is 4.79 Å². The maximum Gasteiger partial charge on any atom is 0.302 e. The first-order valence-electron chi connectivity index (χ1n) is 14.7. The van der Waals surface area contributed by atoms with Crippen molar-refractivity contribution in [3.8, 4) is 0 Å². The van der Waals surface area contributed by atoms with Crippen molar-refractivity contribution in [1.29, 1.82) is 0 Å². The molecule has 0 bridgehead atoms. The molecule has 0 amide bonds. The summed E-state index contributed by atoms with van der Waals surface area (Å²) in [5.74, 6) is 3.04. The molecule has 0 aromatic rings. The van der Waals surface area contributed by atoms with Crippen molar-refractivity contribution in [3.63, 3.8) is 0 Å². The van der Waals surface area contributed by atoms with Crippen LogP contribution in [0.3, 0.4) is 0 Å². The van der Waals surface area contributed by atoms with Crippen molar-refractivity contribution in [2.24, 2.45) is 45.3 Å². The second-order valence-electron chi connectivity index (χ2n) is 14.6. The Labute approximate surface area is 211 Å². The fraction of sp³-hybridized carbons (Fsp3) is 0.906. The number of hydrogen-bond acceptors (Lipinski definition) is 2. The zero-order valence-corrected chi connectivity index (χ0v) is 24.0. The van der Waals surface area contributed by atoms with E-state index < -0.39 is 0 Å². The van der Waals surface area contributed by atoms with Crippen LogP contribution in [0.5, 0.6) is 0 Å². The van der Waals surface area contributed by atoms with Gasteiger partial charge in [-0.1, -0.05) is 85.8 Å². The Morgan fingerprint density at radius 3 is 2.26 bits per heavy atom. The van der Waals surface area contributed by atoms with Crippen LogP contribution in [0, 0.1) is 45.3 Å². The lowest BCUT2D eigenvalue weighted by atomic mass is 9.43. The third kappa shape index (κ3) is 3.92. The van der Waals surface area contributed by atoms with Gasteiger partial charge < -0.3 is 4.74 Å². The summed E-state index contributed by atoms with van der Waals surface area (Å²) in [4.78, 5) is 11.8. The molecule has 0 radical (unpaired) electrons. The summed E-state index contributed by atoms with van der Waals surface area (Å²) in [6.45, 7) is 21.6. The second-order valence-corrected chi connectivity index (χ2v) is 14.6. The summed E-state index contributed by atoms with van der Waals surface area (Å²) in [5.41, 5.74) is 4.87. The van der Waals surface area contributed by atoms with Crippen LogP contribution < -0.4 is 0 Å². The normalized spacial score (nSPS) is 42.1. The van der Waals surface area contributed by atoms with Crippen LogP contribution >= 0.6 is 0 Å². The smallest absolute Gasteiger partial charge is 0.302 e. The van der Waals surface area contributed by atoms with E-state index in [2.05, 4.69) is 55.4 Å². The van der Waals surface area contributed by atoms with E-state index in [0.29, 0.717) is 16.7 Å². The molecule has 34 heavy (non-hydrogen) atoms. The molecule has 2 fully saturated rings. The summed E-state index contributed by atoms with van der Waals surface area (Å²) in [6, 6.07) is 0. The van der Waals surface area contributed by atoms with Crippen LogP contribution in [-0.4, -0.2) is 12.1 Å². The quantitative estimate of drug-likeness (QED) is 0.286. The number of carbonyl (C=O) groups is 1. The number of carbonyl (C=O) groups excluding carboxylic acids is 1. The highest BCUT2D eigenvalue weighted by Crippen LogP contribution is 2.72. The maximum atomic E-state index is 11.8. The van der Waals surface area contributed by atoms with Gasteiger partial charge in [0.25, 0.3) is 0 Å². The highest BCUT2D eigenvalue weighted by molar-refractivity contribution is 5.66. The lowest BCUT2D eigenvalue weighted by molar-refractivity contribution is -0.167. The van der Waals surface area contributed by atoms with Crippen molar-refractivity contribution in [1.82, 2.24) is 0 Å². The van der Waals surface area contributed by atoms with E-state index in [1.54, 1.807) is 6.92 Å². The number of fused-ring (bicyclic) bond motifs is 4. The van der Waals surface area contributed by atoms with E-state index in [0.717, 1.165) is 24.2 Å². The zero-order valence-electron chi connectivity index (χ0n) is 24.0. The lowest BCUT2D eigenvalue weighted by Gasteiger charge is -2.62. The van der Waals surface area contributed by atoms with Gasteiger partial charge in [-0.15, -0.1) is 0 Å². The van der Waals surface area contributed by atoms with Crippen LogP contribution in [0.4, 0.5) is 0 Å². The van der Waals surface area contributed by atoms with E-state index in [1.807, 2.05) is 11.1 Å². The van der Waals surface area contributed by atoms with E-state index in [4.69, 9.17) is 4.74 Å². The van der Waals surface area contributed by atoms with Crippen LogP contribution in [0.15, 0.2) is 11.1 Å². The first-order chi connectivity index (χ1) is 15.8. The van der Waals surface area contributed by atoms with Crippen LogP contribution in [0.25, 0.3) is 0 Å². The van der Waals surface area contributed by atoms with Gasteiger partial charge in [-0.05, 0) is 91.3 Å². The summed E-state index contributed by atoms with van der Waals surface area (Å²) in [7, 11) is 0. The molecule has 7 atom stereocenters. The number of ether oxygens (including phenoxy) is 1. The molecule has 2 saturated carbocycles. The molecular formula is C32H54O2. The predicted molar refractivity (Wildman–Crippen MR) is 142 cm³/mol. The van der Waals surface area contributed by atoms with Crippen molar-refractivity contribution in [2.45, 2.75) is 139 Å². The number of rotatable bonds is 6. The van der Waals surface area contributed by atoms with E-state index >= 15 is 0 Å². The first-order valence-corrected chi connectivity index (χ1v) is 14.7. The van der Waals surface area contributed by atoms with Gasteiger partial charge in [-0.2, -0.15) is 0 Å². The van der Waals surface area contributed by atoms with E-state index in [-0.39, 0.29) is 22.9 Å². The molecular weight excluding hydrogens is 416 g/mol. The van der Waals surface area contributed by atoms with Gasteiger partial charge >= 0.3 is 5.97 Å².